The fourth-order valence-electron chi connectivity index (χ4n) is 3.23. The summed E-state index contributed by atoms with van der Waals surface area (Å²) in [6, 6.07) is 10.1. The zero-order valence-electron chi connectivity index (χ0n) is 13.7. The number of hydrogen-bond acceptors (Lipinski definition) is 4. The SMILES string of the molecule is COCOc1ccc(-c2c3c([nH]c(=S)c2C#N)CCCCC3)cc1. The first-order valence-electron chi connectivity index (χ1n) is 8.15. The summed E-state index contributed by atoms with van der Waals surface area (Å²) in [5, 5.41) is 9.63. The van der Waals surface area contributed by atoms with Gasteiger partial charge >= 0.3 is 0 Å². The van der Waals surface area contributed by atoms with Crippen LogP contribution in [0.15, 0.2) is 24.3 Å². The number of rotatable bonds is 4. The summed E-state index contributed by atoms with van der Waals surface area (Å²) in [6.07, 6.45) is 5.48. The maximum absolute atomic E-state index is 9.63. The Kier molecular flexibility index (Phi) is 5.29. The van der Waals surface area contributed by atoms with Gasteiger partial charge in [-0.25, -0.2) is 0 Å². The van der Waals surface area contributed by atoms with Crippen LogP contribution in [-0.2, 0) is 17.6 Å². The molecule has 0 fully saturated rings. The third-order valence-corrected chi connectivity index (χ3v) is 4.67. The molecule has 5 heteroatoms. The predicted molar refractivity (Wildman–Crippen MR) is 95.5 cm³/mol. The number of ether oxygens (including phenoxy) is 2. The van der Waals surface area contributed by atoms with Crippen LogP contribution < -0.4 is 4.74 Å². The summed E-state index contributed by atoms with van der Waals surface area (Å²) in [5.74, 6) is 0.742. The molecule has 0 spiro atoms. The largest absolute Gasteiger partial charge is 0.468 e. The lowest BCUT2D eigenvalue weighted by Crippen LogP contribution is -2.03. The van der Waals surface area contributed by atoms with Crippen molar-refractivity contribution in [3.8, 4) is 22.9 Å². The maximum atomic E-state index is 9.63. The summed E-state index contributed by atoms with van der Waals surface area (Å²) in [7, 11) is 1.59. The van der Waals surface area contributed by atoms with Crippen LogP contribution in [0.1, 0.15) is 36.1 Å². The van der Waals surface area contributed by atoms with Crippen LogP contribution in [0.25, 0.3) is 11.1 Å². The van der Waals surface area contributed by atoms with Crippen molar-refractivity contribution in [2.75, 3.05) is 13.9 Å². The zero-order valence-corrected chi connectivity index (χ0v) is 14.5. The van der Waals surface area contributed by atoms with Crippen LogP contribution in [0.4, 0.5) is 0 Å². The first-order chi connectivity index (χ1) is 11.7. The minimum Gasteiger partial charge on any atom is -0.468 e. The lowest BCUT2D eigenvalue weighted by Gasteiger charge is -2.15. The molecule has 0 amide bonds. The molecule has 24 heavy (non-hydrogen) atoms. The molecule has 1 aromatic heterocycles. The summed E-state index contributed by atoms with van der Waals surface area (Å²) < 4.78 is 10.9. The second-order valence-corrected chi connectivity index (χ2v) is 6.32. The normalized spacial score (nSPS) is 13.7. The molecule has 1 N–H and O–H groups in total. The van der Waals surface area contributed by atoms with Crippen molar-refractivity contribution in [2.45, 2.75) is 32.1 Å². The Labute approximate surface area is 147 Å². The van der Waals surface area contributed by atoms with Gasteiger partial charge in [0, 0.05) is 18.4 Å². The van der Waals surface area contributed by atoms with Gasteiger partial charge in [-0.1, -0.05) is 30.8 Å². The standard InChI is InChI=1S/C19H20N2O2S/c1-22-12-23-14-9-7-13(8-10-14)18-15-5-3-2-4-6-17(15)21-19(24)16(18)11-20/h7-10H,2-6,12H2,1H3,(H,21,24). The molecule has 124 valence electrons. The summed E-state index contributed by atoms with van der Waals surface area (Å²) in [4.78, 5) is 3.29. The van der Waals surface area contributed by atoms with E-state index in [1.165, 1.54) is 17.7 Å². The van der Waals surface area contributed by atoms with E-state index in [2.05, 4.69) is 11.1 Å². The van der Waals surface area contributed by atoms with E-state index in [4.69, 9.17) is 21.7 Å². The van der Waals surface area contributed by atoms with E-state index in [9.17, 15) is 5.26 Å². The zero-order chi connectivity index (χ0) is 16.9. The molecule has 1 heterocycles. The molecule has 4 nitrogen and oxygen atoms in total. The molecule has 0 radical (unpaired) electrons. The number of nitrogens with one attached hydrogen (secondary N) is 1. The van der Waals surface area contributed by atoms with Gasteiger partial charge in [-0.3, -0.25) is 0 Å². The lowest BCUT2D eigenvalue weighted by atomic mass is 9.92. The van der Waals surface area contributed by atoms with Crippen LogP contribution in [0.5, 0.6) is 5.75 Å². The van der Waals surface area contributed by atoms with E-state index in [-0.39, 0.29) is 6.79 Å². The summed E-state index contributed by atoms with van der Waals surface area (Å²) in [5.41, 5.74) is 4.98. The molecule has 0 saturated heterocycles. The predicted octanol–water partition coefficient (Wildman–Crippen LogP) is 4.53. The fraction of sp³-hybridized carbons (Fsp3) is 0.368. The Morgan fingerprint density at radius 2 is 1.92 bits per heavy atom. The number of benzene rings is 1. The first-order valence-corrected chi connectivity index (χ1v) is 8.55. The van der Waals surface area contributed by atoms with Gasteiger partial charge in [-0.15, -0.1) is 0 Å². The van der Waals surface area contributed by atoms with Gasteiger partial charge < -0.3 is 14.5 Å². The molecule has 0 atom stereocenters. The van der Waals surface area contributed by atoms with Crippen molar-refractivity contribution in [3.05, 3.63) is 45.7 Å². The van der Waals surface area contributed by atoms with Gasteiger partial charge in [0.15, 0.2) is 6.79 Å². The van der Waals surface area contributed by atoms with E-state index in [0.29, 0.717) is 10.2 Å². The number of fused-ring (bicyclic) bond motifs is 1. The number of hydrogen-bond donors (Lipinski definition) is 1. The second kappa shape index (κ2) is 7.61. The minimum absolute atomic E-state index is 0.217. The smallest absolute Gasteiger partial charge is 0.188 e. The van der Waals surface area contributed by atoms with Gasteiger partial charge in [0.2, 0.25) is 0 Å². The van der Waals surface area contributed by atoms with E-state index in [0.717, 1.165) is 42.6 Å². The lowest BCUT2D eigenvalue weighted by molar-refractivity contribution is 0.0511. The number of aryl methyl sites for hydroxylation is 1. The van der Waals surface area contributed by atoms with Crippen molar-refractivity contribution in [1.82, 2.24) is 4.98 Å². The van der Waals surface area contributed by atoms with E-state index in [1.807, 2.05) is 24.3 Å². The number of pyridine rings is 1. The third kappa shape index (κ3) is 3.35. The summed E-state index contributed by atoms with van der Waals surface area (Å²) >= 11 is 5.43. The van der Waals surface area contributed by atoms with Gasteiger partial charge in [-0.05, 0) is 48.9 Å². The number of aromatic amines is 1. The molecule has 1 aromatic carbocycles. The second-order valence-electron chi connectivity index (χ2n) is 5.91. The maximum Gasteiger partial charge on any atom is 0.188 e. The van der Waals surface area contributed by atoms with E-state index >= 15 is 0 Å². The number of H-pyrrole nitrogens is 1. The Hall–Kier alpha value is -2.16. The molecule has 3 rings (SSSR count). The van der Waals surface area contributed by atoms with Crippen LogP contribution in [-0.4, -0.2) is 18.9 Å². The van der Waals surface area contributed by atoms with E-state index in [1.54, 1.807) is 7.11 Å². The van der Waals surface area contributed by atoms with Crippen molar-refractivity contribution in [3.63, 3.8) is 0 Å². The monoisotopic (exact) mass is 340 g/mol. The Morgan fingerprint density at radius 1 is 1.17 bits per heavy atom. The quantitative estimate of drug-likeness (QED) is 0.504. The molecule has 2 aromatic rings. The van der Waals surface area contributed by atoms with Crippen LogP contribution in [0.2, 0.25) is 0 Å². The highest BCUT2D eigenvalue weighted by molar-refractivity contribution is 7.71. The van der Waals surface area contributed by atoms with E-state index < -0.39 is 0 Å². The molecule has 0 unspecified atom stereocenters. The van der Waals surface area contributed by atoms with Crippen molar-refractivity contribution in [1.29, 1.82) is 5.26 Å². The number of aromatic nitrogens is 1. The van der Waals surface area contributed by atoms with Crippen molar-refractivity contribution >= 4 is 12.2 Å². The molecule has 1 aliphatic carbocycles. The molecule has 0 bridgehead atoms. The van der Waals surface area contributed by atoms with Gasteiger partial charge in [0.05, 0.1) is 5.56 Å². The Morgan fingerprint density at radius 3 is 2.62 bits per heavy atom. The third-order valence-electron chi connectivity index (χ3n) is 4.36. The molecule has 0 aliphatic heterocycles. The average molecular weight is 340 g/mol. The topological polar surface area (TPSA) is 58.0 Å². The van der Waals surface area contributed by atoms with Crippen LogP contribution >= 0.6 is 12.2 Å². The molecule has 0 saturated carbocycles. The van der Waals surface area contributed by atoms with Gasteiger partial charge in [0.25, 0.3) is 0 Å². The number of methoxy groups -OCH3 is 1. The fourth-order valence-corrected chi connectivity index (χ4v) is 3.50. The minimum atomic E-state index is 0.217. The molecular weight excluding hydrogens is 320 g/mol. The first kappa shape index (κ1) is 16.7. The highest BCUT2D eigenvalue weighted by Gasteiger charge is 2.19. The van der Waals surface area contributed by atoms with Gasteiger partial charge in [0.1, 0.15) is 16.5 Å². The number of nitrogens with zero attached hydrogens (tertiary/aromatic N) is 1. The van der Waals surface area contributed by atoms with Crippen molar-refractivity contribution in [2.24, 2.45) is 0 Å². The highest BCUT2D eigenvalue weighted by atomic mass is 32.1. The molecule has 1 aliphatic rings. The number of nitriles is 1. The van der Waals surface area contributed by atoms with Crippen LogP contribution in [0.3, 0.4) is 0 Å². The Balaban J connectivity index is 2.10. The average Bonchev–Trinajstić information content (AvgIpc) is 2.84. The van der Waals surface area contributed by atoms with Gasteiger partial charge in [-0.2, -0.15) is 5.26 Å². The highest BCUT2D eigenvalue weighted by Crippen LogP contribution is 2.34. The molecular formula is C19H20N2O2S. The Bertz CT molecular complexity index is 819. The van der Waals surface area contributed by atoms with Crippen molar-refractivity contribution < 1.29 is 9.47 Å². The van der Waals surface area contributed by atoms with Crippen LogP contribution in [0, 0.1) is 16.0 Å². The summed E-state index contributed by atoms with van der Waals surface area (Å²) in [6.45, 7) is 0.217.